The van der Waals surface area contributed by atoms with Gasteiger partial charge in [-0.05, 0) is 31.7 Å². The smallest absolute Gasteiger partial charge is 0.133 e. The van der Waals surface area contributed by atoms with Crippen LogP contribution in [0.3, 0.4) is 0 Å². The van der Waals surface area contributed by atoms with Gasteiger partial charge < -0.3 is 14.4 Å². The Balaban J connectivity index is 2.09. The van der Waals surface area contributed by atoms with Crippen LogP contribution in [0.1, 0.15) is 23.1 Å². The molecule has 1 N–H and O–H groups in total. The predicted molar refractivity (Wildman–Crippen MR) is 75.5 cm³/mol. The van der Waals surface area contributed by atoms with E-state index >= 15 is 0 Å². The number of likely N-dealkylation sites (N-methyl/N-ethyl adjacent to an activating group) is 1. The highest BCUT2D eigenvalue weighted by molar-refractivity contribution is 5.29. The van der Waals surface area contributed by atoms with Crippen molar-refractivity contribution in [2.75, 3.05) is 20.8 Å². The number of aryl methyl sites for hydroxylation is 1. The van der Waals surface area contributed by atoms with Crippen LogP contribution in [-0.2, 0) is 6.54 Å². The minimum Gasteiger partial charge on any atom is -0.497 e. The first-order valence-electron chi connectivity index (χ1n) is 6.51. The number of aliphatic hydroxyl groups excluding tert-OH is 1. The van der Waals surface area contributed by atoms with Gasteiger partial charge in [-0.3, -0.25) is 4.90 Å². The van der Waals surface area contributed by atoms with Gasteiger partial charge in [0.25, 0.3) is 0 Å². The predicted octanol–water partition coefficient (Wildman–Crippen LogP) is 2.16. The Labute approximate surface area is 118 Å². The number of ether oxygens (including phenoxy) is 1. The number of rotatable bonds is 6. The number of methoxy groups -OCH3 is 1. The lowest BCUT2D eigenvalue weighted by atomic mass is 10.1. The summed E-state index contributed by atoms with van der Waals surface area (Å²) in [5.74, 6) is 1.60. The first kappa shape index (κ1) is 14.6. The van der Waals surface area contributed by atoms with Crippen molar-refractivity contribution in [1.82, 2.24) is 10.1 Å². The molecule has 0 fully saturated rings. The van der Waals surface area contributed by atoms with Crippen LogP contribution in [0.15, 0.2) is 34.9 Å². The molecule has 1 aromatic heterocycles. The van der Waals surface area contributed by atoms with E-state index in [0.717, 1.165) is 22.8 Å². The Morgan fingerprint density at radius 1 is 1.35 bits per heavy atom. The van der Waals surface area contributed by atoms with Crippen molar-refractivity contribution in [3.63, 3.8) is 0 Å². The second kappa shape index (κ2) is 6.54. The van der Waals surface area contributed by atoms with Crippen molar-refractivity contribution < 1.29 is 14.4 Å². The van der Waals surface area contributed by atoms with Crippen molar-refractivity contribution in [1.29, 1.82) is 0 Å². The quantitative estimate of drug-likeness (QED) is 0.876. The van der Waals surface area contributed by atoms with Gasteiger partial charge in [-0.15, -0.1) is 0 Å². The molecular formula is C15H20N2O3. The Kier molecular flexibility index (Phi) is 4.76. The molecule has 5 heteroatoms. The number of aromatic nitrogens is 1. The van der Waals surface area contributed by atoms with Crippen LogP contribution in [0, 0.1) is 6.92 Å². The van der Waals surface area contributed by atoms with E-state index in [4.69, 9.17) is 9.26 Å². The zero-order chi connectivity index (χ0) is 14.5. The molecule has 0 saturated carbocycles. The summed E-state index contributed by atoms with van der Waals surface area (Å²) >= 11 is 0. The number of hydrogen-bond acceptors (Lipinski definition) is 5. The van der Waals surface area contributed by atoms with Crippen molar-refractivity contribution in [3.05, 3.63) is 47.3 Å². The minimum absolute atomic E-state index is 0.0413. The van der Waals surface area contributed by atoms with E-state index in [-0.39, 0.29) is 12.6 Å². The fourth-order valence-corrected chi connectivity index (χ4v) is 2.18. The van der Waals surface area contributed by atoms with Crippen molar-refractivity contribution >= 4 is 0 Å². The van der Waals surface area contributed by atoms with Gasteiger partial charge in [-0.2, -0.15) is 0 Å². The Bertz CT molecular complexity index is 536. The van der Waals surface area contributed by atoms with Gasteiger partial charge in [0, 0.05) is 12.6 Å². The molecule has 0 aliphatic rings. The molecular weight excluding hydrogens is 256 g/mol. The van der Waals surface area contributed by atoms with Crippen molar-refractivity contribution in [3.8, 4) is 5.75 Å². The average molecular weight is 276 g/mol. The van der Waals surface area contributed by atoms with Crippen molar-refractivity contribution in [2.45, 2.75) is 19.5 Å². The summed E-state index contributed by atoms with van der Waals surface area (Å²) in [6, 6.07) is 9.53. The maximum Gasteiger partial charge on any atom is 0.133 e. The third kappa shape index (κ3) is 3.37. The summed E-state index contributed by atoms with van der Waals surface area (Å²) in [6.07, 6.45) is 0. The first-order chi connectivity index (χ1) is 9.63. The van der Waals surface area contributed by atoms with Crippen molar-refractivity contribution in [2.24, 2.45) is 0 Å². The van der Waals surface area contributed by atoms with Crippen LogP contribution in [-0.4, -0.2) is 35.9 Å². The standard InChI is InChI=1S/C15H20N2O3/c1-11-8-13(16-20-11)9-17(2)15(10-18)12-4-6-14(19-3)7-5-12/h4-8,15,18H,9-10H2,1-3H3. The van der Waals surface area contributed by atoms with Crippen LogP contribution < -0.4 is 4.74 Å². The molecule has 108 valence electrons. The number of benzene rings is 1. The molecule has 1 unspecified atom stereocenters. The van der Waals surface area contributed by atoms with Crippen LogP contribution in [0.5, 0.6) is 5.75 Å². The van der Waals surface area contributed by atoms with Gasteiger partial charge in [0.2, 0.25) is 0 Å². The van der Waals surface area contributed by atoms with Gasteiger partial charge in [0.1, 0.15) is 11.5 Å². The monoisotopic (exact) mass is 276 g/mol. The SMILES string of the molecule is COc1ccc(C(CO)N(C)Cc2cc(C)on2)cc1. The molecule has 20 heavy (non-hydrogen) atoms. The zero-order valence-corrected chi connectivity index (χ0v) is 12.0. The number of hydrogen-bond donors (Lipinski definition) is 1. The summed E-state index contributed by atoms with van der Waals surface area (Å²) in [6.45, 7) is 2.53. The maximum atomic E-state index is 9.64. The second-order valence-corrected chi connectivity index (χ2v) is 4.82. The molecule has 2 aromatic rings. The zero-order valence-electron chi connectivity index (χ0n) is 12.0. The second-order valence-electron chi connectivity index (χ2n) is 4.82. The molecule has 1 aromatic carbocycles. The van der Waals surface area contributed by atoms with Crippen LogP contribution >= 0.6 is 0 Å². The van der Waals surface area contributed by atoms with Gasteiger partial charge in [0.15, 0.2) is 0 Å². The Morgan fingerprint density at radius 3 is 2.55 bits per heavy atom. The van der Waals surface area contributed by atoms with Gasteiger partial charge in [0.05, 0.1) is 25.5 Å². The molecule has 0 spiro atoms. The lowest BCUT2D eigenvalue weighted by Gasteiger charge is -2.26. The largest absolute Gasteiger partial charge is 0.497 e. The Hall–Kier alpha value is -1.85. The number of aliphatic hydroxyl groups is 1. The summed E-state index contributed by atoms with van der Waals surface area (Å²) in [7, 11) is 3.59. The molecule has 0 saturated heterocycles. The van der Waals surface area contributed by atoms with Crippen LogP contribution in [0.25, 0.3) is 0 Å². The molecule has 0 radical (unpaired) electrons. The molecule has 2 rings (SSSR count). The minimum atomic E-state index is -0.0853. The fourth-order valence-electron chi connectivity index (χ4n) is 2.18. The number of nitrogens with zero attached hydrogens (tertiary/aromatic N) is 2. The van der Waals surface area contributed by atoms with E-state index in [1.54, 1.807) is 7.11 Å². The van der Waals surface area contributed by atoms with Crippen LogP contribution in [0.4, 0.5) is 0 Å². The topological polar surface area (TPSA) is 58.7 Å². The lowest BCUT2D eigenvalue weighted by molar-refractivity contribution is 0.140. The molecule has 0 aliphatic heterocycles. The summed E-state index contributed by atoms with van der Waals surface area (Å²) < 4.78 is 10.2. The third-order valence-corrected chi connectivity index (χ3v) is 3.29. The summed E-state index contributed by atoms with van der Waals surface area (Å²) in [5, 5.41) is 13.6. The average Bonchev–Trinajstić information content (AvgIpc) is 2.85. The Morgan fingerprint density at radius 2 is 2.05 bits per heavy atom. The molecule has 1 heterocycles. The van der Waals surface area contributed by atoms with E-state index in [9.17, 15) is 5.11 Å². The maximum absolute atomic E-state index is 9.64. The highest BCUT2D eigenvalue weighted by Crippen LogP contribution is 2.23. The first-order valence-corrected chi connectivity index (χ1v) is 6.51. The van der Waals surface area contributed by atoms with Gasteiger partial charge in [-0.1, -0.05) is 17.3 Å². The highest BCUT2D eigenvalue weighted by Gasteiger charge is 2.17. The summed E-state index contributed by atoms with van der Waals surface area (Å²) in [4.78, 5) is 2.04. The van der Waals surface area contributed by atoms with E-state index in [0.29, 0.717) is 6.54 Å². The van der Waals surface area contributed by atoms with Gasteiger partial charge in [-0.25, -0.2) is 0 Å². The van der Waals surface area contributed by atoms with E-state index < -0.39 is 0 Å². The van der Waals surface area contributed by atoms with Gasteiger partial charge >= 0.3 is 0 Å². The molecule has 5 nitrogen and oxygen atoms in total. The normalized spacial score (nSPS) is 12.7. The van der Waals surface area contributed by atoms with Crippen LogP contribution in [0.2, 0.25) is 0 Å². The van der Waals surface area contributed by atoms with E-state index in [1.165, 1.54) is 0 Å². The molecule has 1 atom stereocenters. The fraction of sp³-hybridized carbons (Fsp3) is 0.400. The highest BCUT2D eigenvalue weighted by atomic mass is 16.5. The molecule has 0 aliphatic carbocycles. The van der Waals surface area contributed by atoms with E-state index in [2.05, 4.69) is 5.16 Å². The summed E-state index contributed by atoms with van der Waals surface area (Å²) in [5.41, 5.74) is 1.90. The lowest BCUT2D eigenvalue weighted by Crippen LogP contribution is -2.27. The molecule has 0 bridgehead atoms. The molecule has 0 amide bonds. The third-order valence-electron chi connectivity index (χ3n) is 3.29. The van der Waals surface area contributed by atoms with E-state index in [1.807, 2.05) is 49.2 Å².